The summed E-state index contributed by atoms with van der Waals surface area (Å²) in [5, 5.41) is 0. The van der Waals surface area contributed by atoms with Gasteiger partial charge in [0.05, 0.1) is 7.11 Å². The first-order valence-corrected chi connectivity index (χ1v) is 10.9. The number of alkyl halides is 6. The Balaban J connectivity index is 3.29. The third kappa shape index (κ3) is 6.87. The van der Waals surface area contributed by atoms with Gasteiger partial charge in [0, 0.05) is 4.47 Å². The standard InChI is InChI=1S/C16H20BrF6N3O4S/c1-4-12(15(18,19)20)26(13(5-2)16(21,22)23)14(27)24-25-31(28,29)11-8-9(17)6-7-10(11)30-3/h6-8,12-13,25H,4-5H2,1-3H3,(H,24,27). The Morgan fingerprint density at radius 2 is 1.58 bits per heavy atom. The van der Waals surface area contributed by atoms with Gasteiger partial charge < -0.3 is 4.74 Å². The molecule has 0 spiro atoms. The number of sulfonamides is 1. The molecule has 0 aliphatic carbocycles. The lowest BCUT2D eigenvalue weighted by atomic mass is 10.1. The largest absolute Gasteiger partial charge is 0.495 e. The van der Waals surface area contributed by atoms with Crippen molar-refractivity contribution < 1.29 is 44.3 Å². The van der Waals surface area contributed by atoms with Crippen molar-refractivity contribution >= 4 is 32.0 Å². The molecule has 2 N–H and O–H groups in total. The Hall–Kier alpha value is -1.74. The van der Waals surface area contributed by atoms with Crippen LogP contribution in [0, 0.1) is 0 Å². The molecule has 7 nitrogen and oxygen atoms in total. The van der Waals surface area contributed by atoms with Crippen molar-refractivity contribution in [2.45, 2.75) is 56.0 Å². The molecular weight excluding hydrogens is 524 g/mol. The van der Waals surface area contributed by atoms with Gasteiger partial charge >= 0.3 is 18.4 Å². The van der Waals surface area contributed by atoms with Crippen molar-refractivity contribution in [3.05, 3.63) is 22.7 Å². The summed E-state index contributed by atoms with van der Waals surface area (Å²) in [5.74, 6) is -0.176. The molecule has 15 heteroatoms. The van der Waals surface area contributed by atoms with E-state index in [-0.39, 0.29) is 10.2 Å². The van der Waals surface area contributed by atoms with Gasteiger partial charge in [0.25, 0.3) is 10.0 Å². The van der Waals surface area contributed by atoms with Crippen molar-refractivity contribution in [2.75, 3.05) is 7.11 Å². The Kier molecular flexibility index (Phi) is 9.03. The smallest absolute Gasteiger partial charge is 0.408 e. The lowest BCUT2D eigenvalue weighted by Crippen LogP contribution is -2.62. The van der Waals surface area contributed by atoms with Crippen LogP contribution < -0.4 is 15.0 Å². The van der Waals surface area contributed by atoms with Gasteiger partial charge in [0.2, 0.25) is 0 Å². The molecule has 2 unspecified atom stereocenters. The van der Waals surface area contributed by atoms with Gasteiger partial charge in [0.15, 0.2) is 0 Å². The van der Waals surface area contributed by atoms with E-state index in [9.17, 15) is 39.6 Å². The maximum absolute atomic E-state index is 13.3. The number of rotatable bonds is 8. The number of carbonyl (C=O) groups excluding carboxylic acids is 1. The highest BCUT2D eigenvalue weighted by molar-refractivity contribution is 9.10. The fourth-order valence-electron chi connectivity index (χ4n) is 2.76. The number of methoxy groups -OCH3 is 1. The molecular formula is C16H20BrF6N3O4S. The quantitative estimate of drug-likeness (QED) is 0.377. The van der Waals surface area contributed by atoms with E-state index in [0.717, 1.165) is 27.0 Å². The van der Waals surface area contributed by atoms with Crippen LogP contribution in [0.3, 0.4) is 0 Å². The lowest BCUT2D eigenvalue weighted by Gasteiger charge is -2.38. The van der Waals surface area contributed by atoms with Crippen LogP contribution >= 0.6 is 15.9 Å². The fraction of sp³-hybridized carbons (Fsp3) is 0.562. The summed E-state index contributed by atoms with van der Waals surface area (Å²) in [5.41, 5.74) is 1.44. The number of hydrazine groups is 1. The van der Waals surface area contributed by atoms with E-state index in [0.29, 0.717) is 0 Å². The molecule has 0 radical (unpaired) electrons. The SMILES string of the molecule is CCC(N(C(=O)NNS(=O)(=O)c1cc(Br)ccc1OC)C(CC)C(F)(F)F)C(F)(F)F. The average Bonchev–Trinajstić information content (AvgIpc) is 2.64. The van der Waals surface area contributed by atoms with Gasteiger partial charge in [-0.2, -0.15) is 26.3 Å². The predicted octanol–water partition coefficient (Wildman–Crippen LogP) is 4.34. The van der Waals surface area contributed by atoms with Crippen LogP contribution in [0.4, 0.5) is 31.1 Å². The van der Waals surface area contributed by atoms with Gasteiger partial charge in [-0.3, -0.25) is 10.3 Å². The Morgan fingerprint density at radius 3 is 1.97 bits per heavy atom. The molecule has 31 heavy (non-hydrogen) atoms. The molecule has 0 aliphatic rings. The normalized spacial score (nSPS) is 14.6. The number of nitrogens with one attached hydrogen (secondary N) is 2. The number of hydrogen-bond acceptors (Lipinski definition) is 4. The number of ether oxygens (including phenoxy) is 1. The highest BCUT2D eigenvalue weighted by Crippen LogP contribution is 2.35. The first kappa shape index (κ1) is 27.3. The zero-order chi connectivity index (χ0) is 24.2. The monoisotopic (exact) mass is 543 g/mol. The predicted molar refractivity (Wildman–Crippen MR) is 102 cm³/mol. The zero-order valence-electron chi connectivity index (χ0n) is 16.4. The van der Waals surface area contributed by atoms with E-state index in [1.54, 1.807) is 0 Å². The molecule has 1 rings (SSSR count). The molecule has 1 aromatic carbocycles. The zero-order valence-corrected chi connectivity index (χ0v) is 18.8. The van der Waals surface area contributed by atoms with Crippen molar-refractivity contribution in [3.63, 3.8) is 0 Å². The number of nitrogens with zero attached hydrogens (tertiary/aromatic N) is 1. The number of amides is 2. The Bertz CT molecular complexity index is 857. The molecule has 0 aromatic heterocycles. The van der Waals surface area contributed by atoms with Crippen molar-refractivity contribution in [1.82, 2.24) is 15.2 Å². The minimum absolute atomic E-state index is 0.176. The van der Waals surface area contributed by atoms with Crippen molar-refractivity contribution in [3.8, 4) is 5.75 Å². The number of halogens is 7. The van der Waals surface area contributed by atoms with Crippen LogP contribution in [0.5, 0.6) is 5.75 Å². The molecule has 178 valence electrons. The van der Waals surface area contributed by atoms with Crippen LogP contribution in [0.25, 0.3) is 0 Å². The van der Waals surface area contributed by atoms with Crippen LogP contribution in [0.15, 0.2) is 27.6 Å². The molecule has 0 heterocycles. The van der Waals surface area contributed by atoms with E-state index in [1.807, 2.05) is 0 Å². The molecule has 0 aliphatic heterocycles. The summed E-state index contributed by atoms with van der Waals surface area (Å²) in [4.78, 5) is 12.9. The van der Waals surface area contributed by atoms with E-state index in [4.69, 9.17) is 4.74 Å². The summed E-state index contributed by atoms with van der Waals surface area (Å²) in [7, 11) is -3.47. The minimum Gasteiger partial charge on any atom is -0.495 e. The first-order chi connectivity index (χ1) is 14.1. The van der Waals surface area contributed by atoms with E-state index < -0.39 is 63.1 Å². The van der Waals surface area contributed by atoms with E-state index in [1.165, 1.54) is 22.4 Å². The van der Waals surface area contributed by atoms with E-state index >= 15 is 0 Å². The fourth-order valence-corrected chi connectivity index (χ4v) is 4.31. The summed E-state index contributed by atoms with van der Waals surface area (Å²) in [6, 6.07) is -3.76. The second-order valence-corrected chi connectivity index (χ2v) is 8.74. The molecule has 0 saturated heterocycles. The molecule has 1 aromatic rings. The molecule has 2 atom stereocenters. The summed E-state index contributed by atoms with van der Waals surface area (Å²) in [6.07, 6.45) is -12.1. The summed E-state index contributed by atoms with van der Waals surface area (Å²) in [6.45, 7) is 1.91. The second kappa shape index (κ2) is 10.3. The molecule has 0 saturated carbocycles. The highest BCUT2D eigenvalue weighted by atomic mass is 79.9. The van der Waals surface area contributed by atoms with Crippen molar-refractivity contribution in [1.29, 1.82) is 0 Å². The van der Waals surface area contributed by atoms with Gasteiger partial charge in [0.1, 0.15) is 22.7 Å². The van der Waals surface area contributed by atoms with Gasteiger partial charge in [-0.05, 0) is 31.0 Å². The minimum atomic E-state index is -5.18. The number of carbonyl (C=O) groups is 1. The number of urea groups is 1. The van der Waals surface area contributed by atoms with Crippen molar-refractivity contribution in [2.24, 2.45) is 0 Å². The molecule has 0 bridgehead atoms. The summed E-state index contributed by atoms with van der Waals surface area (Å²) >= 11 is 3.03. The van der Waals surface area contributed by atoms with Crippen LogP contribution in [0.2, 0.25) is 0 Å². The maximum atomic E-state index is 13.3. The third-order valence-electron chi connectivity index (χ3n) is 4.14. The lowest BCUT2D eigenvalue weighted by molar-refractivity contribution is -0.222. The van der Waals surface area contributed by atoms with E-state index in [2.05, 4.69) is 15.9 Å². The van der Waals surface area contributed by atoms with Gasteiger partial charge in [-0.15, -0.1) is 4.83 Å². The number of hydrogen-bond donors (Lipinski definition) is 2. The van der Waals surface area contributed by atoms with Crippen LogP contribution in [-0.4, -0.2) is 50.9 Å². The van der Waals surface area contributed by atoms with Crippen LogP contribution in [-0.2, 0) is 10.0 Å². The van der Waals surface area contributed by atoms with Gasteiger partial charge in [-0.1, -0.05) is 29.8 Å². The number of benzene rings is 1. The van der Waals surface area contributed by atoms with Crippen LogP contribution in [0.1, 0.15) is 26.7 Å². The third-order valence-corrected chi connectivity index (χ3v) is 5.90. The first-order valence-electron chi connectivity index (χ1n) is 8.67. The Labute approximate surface area is 183 Å². The highest BCUT2D eigenvalue weighted by Gasteiger charge is 2.53. The Morgan fingerprint density at radius 1 is 1.10 bits per heavy atom. The molecule has 2 amide bonds. The summed E-state index contributed by atoms with van der Waals surface area (Å²) < 4.78 is 110. The average molecular weight is 544 g/mol. The topological polar surface area (TPSA) is 87.7 Å². The maximum Gasteiger partial charge on any atom is 0.408 e. The second-order valence-electron chi connectivity index (χ2n) is 6.17. The molecule has 0 fully saturated rings. The van der Waals surface area contributed by atoms with Gasteiger partial charge in [-0.25, -0.2) is 13.2 Å².